The molecule has 0 radical (unpaired) electrons. The van der Waals surface area contributed by atoms with Crippen LogP contribution >= 0.6 is 34.8 Å². The van der Waals surface area contributed by atoms with Crippen molar-refractivity contribution < 1.29 is 77.6 Å². The summed E-state index contributed by atoms with van der Waals surface area (Å²) < 4.78 is 155. The summed E-state index contributed by atoms with van der Waals surface area (Å²) in [5.41, 5.74) is 14.4. The Morgan fingerprint density at radius 2 is 0.723 bits per heavy atom. The topological polar surface area (TPSA) is 321 Å². The van der Waals surface area contributed by atoms with Gasteiger partial charge >= 0.3 is 36.6 Å². The lowest BCUT2D eigenvalue weighted by Crippen LogP contribution is -2.48. The summed E-state index contributed by atoms with van der Waals surface area (Å²) in [7, 11) is 5.39. The number of hydrogen-bond acceptors (Lipinski definition) is 26. The predicted molar refractivity (Wildman–Crippen MR) is 482 cm³/mol. The third-order valence-electron chi connectivity index (χ3n) is 24.4. The molecule has 6 saturated heterocycles. The molecule has 696 valence electrons. The van der Waals surface area contributed by atoms with Crippen LogP contribution in [0, 0.1) is 17.8 Å². The van der Waals surface area contributed by atoms with Gasteiger partial charge in [-0.1, -0.05) is 75.3 Å². The standard InChI is InChI=1S/2C30H35ClF3N7O3.C29H33ClF3N7O2/c2*1-4-26(42)39-7-9-40(10-8-39)28-21-14-23(31)20(27-22(30(32,33)34)5-6-25(35)37-27)15-24(21)36-29(38-28)44-17-19-13-18(2)16-41(19)11-12-43-3;1-5-25(41)39-8-10-40(11-9-39)27-20-13-22(30)19(26-21(29(31,32)33)6-7-24(34)36-26)14-23(20)35-28(37-27)42-15-18-12-16(2)17(3)38(18)4/h2*4-6,14-15,18-19H,1,7-13,16-17H2,2-3H3,(H2,35,37);5-7,13-14,16-18H,1,8-12,15H2,2-4H3,(H2,34,36)/t18-,19+;;/m1../s1. The van der Waals surface area contributed by atoms with Crippen molar-refractivity contribution in [2.75, 3.05) is 191 Å². The number of aromatic nitrogens is 9. The van der Waals surface area contributed by atoms with E-state index in [1.807, 2.05) is 14.7 Å². The molecule has 12 heterocycles. The van der Waals surface area contributed by atoms with E-state index in [0.29, 0.717) is 186 Å². The zero-order chi connectivity index (χ0) is 93.5. The predicted octanol–water partition coefficient (Wildman–Crippen LogP) is 13.9. The summed E-state index contributed by atoms with van der Waals surface area (Å²) >= 11 is 19.9. The van der Waals surface area contributed by atoms with Crippen molar-refractivity contribution in [2.45, 2.75) is 89.7 Å². The van der Waals surface area contributed by atoms with E-state index >= 15 is 0 Å². The number of halogens is 12. The fraction of sp³-hybridized carbons (Fsp3) is 0.461. The Labute approximate surface area is 760 Å². The molecule has 7 atom stereocenters. The number of likely N-dealkylation sites (tertiary alicyclic amines) is 3. The number of likely N-dealkylation sites (N-methyl/N-ethyl adjacent to an activating group) is 1. The van der Waals surface area contributed by atoms with Crippen molar-refractivity contribution in [1.82, 2.24) is 74.3 Å². The van der Waals surface area contributed by atoms with Crippen molar-refractivity contribution in [1.29, 1.82) is 0 Å². The van der Waals surface area contributed by atoms with E-state index in [0.717, 1.165) is 81.8 Å². The van der Waals surface area contributed by atoms with Gasteiger partial charge in [-0.3, -0.25) is 29.1 Å². The van der Waals surface area contributed by atoms with Crippen LogP contribution in [0.4, 0.5) is 74.4 Å². The first kappa shape index (κ1) is 96.6. The zero-order valence-corrected chi connectivity index (χ0v) is 75.1. The van der Waals surface area contributed by atoms with Gasteiger partial charge in [-0.05, 0) is 142 Å². The molecule has 9 aromatic rings. The van der Waals surface area contributed by atoms with E-state index in [-0.39, 0.29) is 109 Å². The number of ether oxygens (including phenoxy) is 5. The summed E-state index contributed by atoms with van der Waals surface area (Å²) in [6.07, 6.45) is -7.38. The number of piperazine rings is 3. The van der Waals surface area contributed by atoms with Crippen LogP contribution in [0.3, 0.4) is 0 Å². The molecule has 41 heteroatoms. The summed E-state index contributed by atoms with van der Waals surface area (Å²) in [6.45, 7) is 30.5. The lowest BCUT2D eigenvalue weighted by molar-refractivity contribution is -0.138. The van der Waals surface area contributed by atoms with Crippen LogP contribution in [-0.2, 0) is 42.4 Å². The average Bonchev–Trinajstić information content (AvgIpc) is 0.956. The molecule has 15 rings (SSSR count). The number of rotatable bonds is 24. The molecular weight excluding hydrogens is 1770 g/mol. The molecule has 6 aliphatic heterocycles. The van der Waals surface area contributed by atoms with Gasteiger partial charge in [0.05, 0.1) is 78.6 Å². The van der Waals surface area contributed by atoms with Gasteiger partial charge in [-0.2, -0.15) is 69.4 Å². The molecule has 3 amide bonds. The molecular formula is C89H103Cl3F9N21O8. The minimum atomic E-state index is -4.69. The molecule has 0 aliphatic carbocycles. The molecule has 6 fully saturated rings. The molecule has 6 aromatic heterocycles. The molecule has 5 unspecified atom stereocenters. The number of nitrogens with zero attached hydrogens (tertiary/aromatic N) is 18. The number of hydrogen-bond donors (Lipinski definition) is 3. The Hall–Kier alpha value is -11.0. The van der Waals surface area contributed by atoms with Gasteiger partial charge in [0, 0.05) is 176 Å². The zero-order valence-electron chi connectivity index (χ0n) is 72.9. The highest BCUT2D eigenvalue weighted by molar-refractivity contribution is 6.35. The number of fused-ring (bicyclic) bond motifs is 3. The van der Waals surface area contributed by atoms with E-state index in [2.05, 4.69) is 99.1 Å². The lowest BCUT2D eigenvalue weighted by atomic mass is 10.0. The van der Waals surface area contributed by atoms with Gasteiger partial charge in [0.25, 0.3) is 0 Å². The molecule has 29 nitrogen and oxygen atoms in total. The second-order valence-electron chi connectivity index (χ2n) is 33.1. The molecule has 3 aromatic carbocycles. The summed E-state index contributed by atoms with van der Waals surface area (Å²) in [6, 6.07) is 16.1. The van der Waals surface area contributed by atoms with E-state index < -0.39 is 46.6 Å². The Morgan fingerprint density at radius 1 is 0.431 bits per heavy atom. The fourth-order valence-electron chi connectivity index (χ4n) is 17.3. The SMILES string of the molecule is C=CC(=O)N1CCN(c2nc(OCC3CC(C)C(C)N3C)nc3cc(-c4nc(N)ccc4C(F)(F)F)c(Cl)cc23)CC1.C=CC(=O)N1CCN(c2nc(OCC3CC(C)CN3CCOC)nc3cc(-c4nc(N)ccc4C(F)(F)F)c(Cl)cc23)CC1.C=CC(=O)N1CCN(c2nc(OC[C@@H]3C[C@@H](C)CN3CCOC)nc3cc(-c4nc(N)ccc4C(F)(F)F)c(Cl)cc23)CC1. The molecule has 0 bridgehead atoms. The highest BCUT2D eigenvalue weighted by Gasteiger charge is 2.42. The number of carbonyl (C=O) groups is 3. The van der Waals surface area contributed by atoms with Crippen LogP contribution in [-0.4, -0.2) is 275 Å². The molecule has 0 saturated carbocycles. The first-order chi connectivity index (χ1) is 61.8. The van der Waals surface area contributed by atoms with E-state index in [1.54, 1.807) is 47.1 Å². The monoisotopic (exact) mass is 1870 g/mol. The first-order valence-electron chi connectivity index (χ1n) is 42.4. The summed E-state index contributed by atoms with van der Waals surface area (Å²) in [5, 5.41) is 1.71. The number of carbonyl (C=O) groups excluding carboxylic acids is 3. The normalized spacial score (nSPS) is 20.2. The Morgan fingerprint density at radius 3 is 0.985 bits per heavy atom. The number of anilines is 6. The Kier molecular flexibility index (Phi) is 30.6. The van der Waals surface area contributed by atoms with Gasteiger partial charge in [-0.25, -0.2) is 15.0 Å². The third-order valence-corrected chi connectivity index (χ3v) is 25.3. The maximum Gasteiger partial charge on any atom is 0.418 e. The van der Waals surface area contributed by atoms with Crippen molar-refractivity contribution in [3.05, 3.63) is 143 Å². The van der Waals surface area contributed by atoms with Gasteiger partial charge in [0.1, 0.15) is 54.7 Å². The second kappa shape index (κ2) is 41.2. The highest BCUT2D eigenvalue weighted by atomic mass is 35.5. The molecule has 6 N–H and O–H groups in total. The Bertz CT molecular complexity index is 5420. The summed E-state index contributed by atoms with van der Waals surface area (Å²) in [4.78, 5) is 94.4. The number of amides is 3. The Balaban J connectivity index is 0.000000166. The quantitative estimate of drug-likeness (QED) is 0.0374. The van der Waals surface area contributed by atoms with Crippen LogP contribution in [0.25, 0.3) is 66.5 Å². The number of alkyl halides is 9. The van der Waals surface area contributed by atoms with E-state index in [4.69, 9.17) is 90.6 Å². The lowest BCUT2D eigenvalue weighted by Gasteiger charge is -2.35. The second-order valence-corrected chi connectivity index (χ2v) is 34.4. The smallest absolute Gasteiger partial charge is 0.418 e. The van der Waals surface area contributed by atoms with Gasteiger partial charge in [0.2, 0.25) is 17.7 Å². The number of nitrogens with two attached hydrogens (primary N) is 3. The van der Waals surface area contributed by atoms with Crippen LogP contribution < -0.4 is 46.1 Å². The fourth-order valence-corrected chi connectivity index (χ4v) is 18.1. The van der Waals surface area contributed by atoms with Crippen molar-refractivity contribution >= 4 is 120 Å². The molecule has 6 aliphatic rings. The largest absolute Gasteiger partial charge is 0.462 e. The van der Waals surface area contributed by atoms with Crippen LogP contribution in [0.1, 0.15) is 63.6 Å². The van der Waals surface area contributed by atoms with Crippen molar-refractivity contribution in [3.63, 3.8) is 0 Å². The third kappa shape index (κ3) is 22.4. The number of methoxy groups -OCH3 is 2. The number of nitrogen functional groups attached to an aromatic ring is 3. The number of pyridine rings is 3. The maximum absolute atomic E-state index is 14.0. The van der Waals surface area contributed by atoms with Gasteiger partial charge < -0.3 is 70.3 Å². The van der Waals surface area contributed by atoms with E-state index in [9.17, 15) is 53.9 Å². The average molecular weight is 1870 g/mol. The van der Waals surface area contributed by atoms with Crippen LogP contribution in [0.5, 0.6) is 18.0 Å². The minimum Gasteiger partial charge on any atom is -0.462 e. The minimum absolute atomic E-state index is 0.0335. The van der Waals surface area contributed by atoms with Gasteiger partial charge in [0.15, 0.2) is 0 Å². The van der Waals surface area contributed by atoms with E-state index in [1.165, 1.54) is 36.4 Å². The van der Waals surface area contributed by atoms with Crippen molar-refractivity contribution in [2.24, 2.45) is 17.8 Å². The van der Waals surface area contributed by atoms with Crippen LogP contribution in [0.2, 0.25) is 15.1 Å². The van der Waals surface area contributed by atoms with Gasteiger partial charge in [-0.15, -0.1) is 0 Å². The highest BCUT2D eigenvalue weighted by Crippen LogP contribution is 2.47. The van der Waals surface area contributed by atoms with Crippen molar-refractivity contribution in [3.8, 4) is 51.8 Å². The maximum atomic E-state index is 14.0. The first-order valence-corrected chi connectivity index (χ1v) is 43.6. The number of benzene rings is 3. The molecule has 0 spiro atoms. The van der Waals surface area contributed by atoms with Crippen LogP contribution in [0.15, 0.2) is 111 Å². The summed E-state index contributed by atoms with van der Waals surface area (Å²) in [5.74, 6) is 2.32. The molecule has 130 heavy (non-hydrogen) atoms.